The highest BCUT2D eigenvalue weighted by molar-refractivity contribution is 5.89. The van der Waals surface area contributed by atoms with Crippen LogP contribution in [0, 0.1) is 11.7 Å². The first-order valence-corrected chi connectivity index (χ1v) is 9.14. The molecule has 6 nitrogen and oxygen atoms in total. The fraction of sp³-hybridized carbons (Fsp3) is 0.350. The largest absolute Gasteiger partial charge is 0.441 e. The molecular formula is C20H21FN4O2. The van der Waals surface area contributed by atoms with Gasteiger partial charge in [-0.05, 0) is 49.9 Å². The van der Waals surface area contributed by atoms with E-state index in [9.17, 15) is 9.18 Å². The normalized spacial score (nSPS) is 14.9. The number of oxazole rings is 1. The van der Waals surface area contributed by atoms with Gasteiger partial charge >= 0.3 is 0 Å². The highest BCUT2D eigenvalue weighted by atomic mass is 19.1. The summed E-state index contributed by atoms with van der Waals surface area (Å²) in [6.07, 6.45) is 6.38. The summed E-state index contributed by atoms with van der Waals surface area (Å²) in [5.74, 6) is 1.99. The minimum Gasteiger partial charge on any atom is -0.441 e. The predicted molar refractivity (Wildman–Crippen MR) is 98.5 cm³/mol. The summed E-state index contributed by atoms with van der Waals surface area (Å²) in [6.45, 7) is 2.13. The van der Waals surface area contributed by atoms with Crippen LogP contribution in [0.1, 0.15) is 38.1 Å². The number of nitrogens with one attached hydrogen (secondary N) is 1. The molecule has 0 aliphatic heterocycles. The molecule has 0 radical (unpaired) electrons. The maximum atomic E-state index is 13.0. The van der Waals surface area contributed by atoms with Crippen molar-refractivity contribution in [3.05, 3.63) is 54.4 Å². The van der Waals surface area contributed by atoms with Gasteiger partial charge in [-0.1, -0.05) is 0 Å². The molecule has 1 N–H and O–H groups in total. The standard InChI is InChI=1S/C20H21FN4O2/c1-13(14-2-3-14)25-18(10-11-23-25)24-19(26)8-9-20-22-12-17(27-20)15-4-6-16(21)7-5-15/h4-7,10-14H,2-3,8-9H2,1H3,(H,24,26). The summed E-state index contributed by atoms with van der Waals surface area (Å²) >= 11 is 0. The molecule has 1 aliphatic carbocycles. The van der Waals surface area contributed by atoms with Gasteiger partial charge in [-0.3, -0.25) is 4.79 Å². The van der Waals surface area contributed by atoms with Crippen LogP contribution in [0.15, 0.2) is 47.1 Å². The summed E-state index contributed by atoms with van der Waals surface area (Å²) < 4.78 is 20.5. The second-order valence-corrected chi connectivity index (χ2v) is 6.91. The van der Waals surface area contributed by atoms with Gasteiger partial charge in [0.1, 0.15) is 11.6 Å². The number of nitrogens with zero attached hydrogens (tertiary/aromatic N) is 3. The fourth-order valence-corrected chi connectivity index (χ4v) is 3.12. The lowest BCUT2D eigenvalue weighted by Crippen LogP contribution is -2.18. The molecule has 3 aromatic rings. The van der Waals surface area contributed by atoms with Gasteiger partial charge in [0.25, 0.3) is 0 Å². The maximum Gasteiger partial charge on any atom is 0.226 e. The zero-order valence-electron chi connectivity index (χ0n) is 15.1. The van der Waals surface area contributed by atoms with E-state index in [1.54, 1.807) is 24.5 Å². The molecule has 1 amide bonds. The van der Waals surface area contributed by atoms with Crippen LogP contribution in [0.3, 0.4) is 0 Å². The van der Waals surface area contributed by atoms with Gasteiger partial charge in [-0.15, -0.1) is 0 Å². The quantitative estimate of drug-likeness (QED) is 0.678. The average Bonchev–Trinajstić information content (AvgIpc) is 3.23. The van der Waals surface area contributed by atoms with Gasteiger partial charge in [0.2, 0.25) is 5.91 Å². The third-order valence-corrected chi connectivity index (χ3v) is 4.88. The second kappa shape index (κ2) is 7.34. The Bertz CT molecular complexity index is 928. The van der Waals surface area contributed by atoms with Gasteiger partial charge in [0.15, 0.2) is 11.7 Å². The lowest BCUT2D eigenvalue weighted by molar-refractivity contribution is -0.116. The molecule has 2 heterocycles. The fourth-order valence-electron chi connectivity index (χ4n) is 3.12. The summed E-state index contributed by atoms with van der Waals surface area (Å²) in [6, 6.07) is 8.12. The monoisotopic (exact) mass is 368 g/mol. The van der Waals surface area contributed by atoms with Crippen molar-refractivity contribution >= 4 is 11.7 Å². The van der Waals surface area contributed by atoms with E-state index in [1.807, 2.05) is 10.7 Å². The topological polar surface area (TPSA) is 73.0 Å². The maximum absolute atomic E-state index is 13.0. The SMILES string of the molecule is CC(C1CC1)n1nccc1NC(=O)CCc1ncc(-c2ccc(F)cc2)o1. The van der Waals surface area contributed by atoms with E-state index >= 15 is 0 Å². The van der Waals surface area contributed by atoms with Gasteiger partial charge in [-0.2, -0.15) is 5.10 Å². The lowest BCUT2D eigenvalue weighted by Gasteiger charge is -2.15. The Kier molecular flexibility index (Phi) is 4.75. The molecule has 0 spiro atoms. The number of anilines is 1. The molecule has 4 rings (SSSR count). The molecule has 1 aliphatic rings. The van der Waals surface area contributed by atoms with E-state index < -0.39 is 0 Å². The van der Waals surface area contributed by atoms with Crippen LogP contribution in [-0.4, -0.2) is 20.7 Å². The van der Waals surface area contributed by atoms with Crippen molar-refractivity contribution in [2.75, 3.05) is 5.32 Å². The van der Waals surface area contributed by atoms with Crippen LogP contribution in [0.5, 0.6) is 0 Å². The van der Waals surface area contributed by atoms with E-state index in [1.165, 1.54) is 25.0 Å². The van der Waals surface area contributed by atoms with Crippen molar-refractivity contribution in [1.29, 1.82) is 0 Å². The number of aromatic nitrogens is 3. The number of halogens is 1. The molecule has 27 heavy (non-hydrogen) atoms. The molecule has 2 aromatic heterocycles. The summed E-state index contributed by atoms with van der Waals surface area (Å²) in [7, 11) is 0. The second-order valence-electron chi connectivity index (χ2n) is 6.91. The van der Waals surface area contributed by atoms with Crippen LogP contribution >= 0.6 is 0 Å². The minimum absolute atomic E-state index is 0.110. The first-order chi connectivity index (χ1) is 13.1. The molecule has 1 saturated carbocycles. The number of carbonyl (C=O) groups excluding carboxylic acids is 1. The number of rotatable bonds is 7. The van der Waals surface area contributed by atoms with Crippen LogP contribution < -0.4 is 5.32 Å². The molecule has 1 aromatic carbocycles. The molecule has 0 bridgehead atoms. The van der Waals surface area contributed by atoms with Crippen molar-refractivity contribution in [2.45, 2.75) is 38.6 Å². The van der Waals surface area contributed by atoms with Crippen molar-refractivity contribution in [3.8, 4) is 11.3 Å². The first kappa shape index (κ1) is 17.5. The Morgan fingerprint density at radius 3 is 2.85 bits per heavy atom. The Labute approximate surface area is 156 Å². The zero-order chi connectivity index (χ0) is 18.8. The van der Waals surface area contributed by atoms with Gasteiger partial charge < -0.3 is 9.73 Å². The Morgan fingerprint density at radius 2 is 2.11 bits per heavy atom. The minimum atomic E-state index is -0.301. The molecule has 1 unspecified atom stereocenters. The van der Waals surface area contributed by atoms with Gasteiger partial charge in [0, 0.05) is 24.5 Å². The van der Waals surface area contributed by atoms with E-state index in [0.717, 1.165) is 11.4 Å². The Morgan fingerprint density at radius 1 is 1.33 bits per heavy atom. The van der Waals surface area contributed by atoms with E-state index in [0.29, 0.717) is 30.0 Å². The number of carbonyl (C=O) groups is 1. The van der Waals surface area contributed by atoms with Crippen molar-refractivity contribution in [2.24, 2.45) is 5.92 Å². The van der Waals surface area contributed by atoms with Crippen LogP contribution in [0.4, 0.5) is 10.2 Å². The van der Waals surface area contributed by atoms with E-state index in [2.05, 4.69) is 22.3 Å². The Balaban J connectivity index is 1.33. The van der Waals surface area contributed by atoms with Crippen LogP contribution in [-0.2, 0) is 11.2 Å². The lowest BCUT2D eigenvalue weighted by atomic mass is 10.2. The third-order valence-electron chi connectivity index (χ3n) is 4.88. The summed E-state index contributed by atoms with van der Waals surface area (Å²) in [4.78, 5) is 16.5. The highest BCUT2D eigenvalue weighted by Gasteiger charge is 2.30. The summed E-state index contributed by atoms with van der Waals surface area (Å²) in [5, 5.41) is 7.26. The van der Waals surface area contributed by atoms with E-state index in [4.69, 9.17) is 4.42 Å². The molecule has 140 valence electrons. The number of hydrogen-bond donors (Lipinski definition) is 1. The van der Waals surface area contributed by atoms with Gasteiger partial charge in [-0.25, -0.2) is 14.1 Å². The smallest absolute Gasteiger partial charge is 0.226 e. The first-order valence-electron chi connectivity index (χ1n) is 9.14. The number of amides is 1. The van der Waals surface area contributed by atoms with Crippen molar-refractivity contribution in [3.63, 3.8) is 0 Å². The van der Waals surface area contributed by atoms with Crippen LogP contribution in [0.25, 0.3) is 11.3 Å². The average molecular weight is 368 g/mol. The van der Waals surface area contributed by atoms with Crippen molar-refractivity contribution in [1.82, 2.24) is 14.8 Å². The van der Waals surface area contributed by atoms with E-state index in [-0.39, 0.29) is 18.1 Å². The molecule has 7 heteroatoms. The number of benzene rings is 1. The highest BCUT2D eigenvalue weighted by Crippen LogP contribution is 2.40. The molecule has 0 saturated heterocycles. The summed E-state index contributed by atoms with van der Waals surface area (Å²) in [5.41, 5.74) is 0.748. The zero-order valence-corrected chi connectivity index (χ0v) is 15.1. The number of aryl methyl sites for hydroxylation is 1. The van der Waals surface area contributed by atoms with Crippen LogP contribution in [0.2, 0.25) is 0 Å². The molecule has 1 atom stereocenters. The predicted octanol–water partition coefficient (Wildman–Crippen LogP) is 4.22. The third kappa shape index (κ3) is 4.07. The Hall–Kier alpha value is -2.96. The van der Waals surface area contributed by atoms with Crippen molar-refractivity contribution < 1.29 is 13.6 Å². The van der Waals surface area contributed by atoms with Gasteiger partial charge in [0.05, 0.1) is 18.4 Å². The molecular weight excluding hydrogens is 347 g/mol. The molecule has 1 fully saturated rings. The number of hydrogen-bond acceptors (Lipinski definition) is 4.